The van der Waals surface area contributed by atoms with Crippen LogP contribution in [0.25, 0.3) is 0 Å². The molecule has 0 saturated heterocycles. The van der Waals surface area contributed by atoms with E-state index in [1.165, 1.54) is 17.0 Å². The normalized spacial score (nSPS) is 17.9. The second kappa shape index (κ2) is 11.1. The minimum atomic E-state index is -4.01. The molecule has 1 saturated carbocycles. The third-order valence-electron chi connectivity index (χ3n) is 6.83. The van der Waals surface area contributed by atoms with E-state index in [0.717, 1.165) is 46.4 Å². The number of nitrogens with one attached hydrogen (secondary N) is 1. The van der Waals surface area contributed by atoms with Gasteiger partial charge in [-0.25, -0.2) is 12.7 Å². The molecule has 0 aromatic heterocycles. The number of halogens is 1. The number of carbonyl (C=O) groups excluding carboxylic acids is 3. The van der Waals surface area contributed by atoms with Gasteiger partial charge in [-0.1, -0.05) is 59.5 Å². The van der Waals surface area contributed by atoms with E-state index in [2.05, 4.69) is 21.2 Å². The summed E-state index contributed by atoms with van der Waals surface area (Å²) in [5.74, 6) is -1.27. The van der Waals surface area contributed by atoms with E-state index in [-0.39, 0.29) is 41.9 Å². The van der Waals surface area contributed by atoms with Gasteiger partial charge in [0.2, 0.25) is 11.8 Å². The van der Waals surface area contributed by atoms with Gasteiger partial charge in [-0.15, -0.1) is 0 Å². The molecular formula is C26H30BrN3O5S. The van der Waals surface area contributed by atoms with Crippen molar-refractivity contribution in [3.8, 4) is 0 Å². The Morgan fingerprint density at radius 2 is 1.75 bits per heavy atom. The first-order valence-corrected chi connectivity index (χ1v) is 14.4. The maximum absolute atomic E-state index is 13.4. The zero-order chi connectivity index (χ0) is 25.9. The summed E-state index contributed by atoms with van der Waals surface area (Å²) in [6.07, 6.45) is 4.93. The Morgan fingerprint density at radius 1 is 1.08 bits per heavy atom. The van der Waals surface area contributed by atoms with Gasteiger partial charge in [0.05, 0.1) is 5.56 Å². The zero-order valence-electron chi connectivity index (χ0n) is 20.2. The van der Waals surface area contributed by atoms with Crippen LogP contribution in [0.4, 0.5) is 0 Å². The number of hydrogen-bond donors (Lipinski definition) is 1. The lowest BCUT2D eigenvalue weighted by molar-refractivity contribution is -0.141. The maximum Gasteiger partial charge on any atom is 0.269 e. The number of carbonyl (C=O) groups is 3. The zero-order valence-corrected chi connectivity index (χ0v) is 22.6. The van der Waals surface area contributed by atoms with Crippen LogP contribution in [0.2, 0.25) is 0 Å². The number of nitrogens with zero attached hydrogens (tertiary/aromatic N) is 2. The van der Waals surface area contributed by atoms with Crippen LogP contribution in [0.1, 0.15) is 61.4 Å². The molecule has 1 unspecified atom stereocenters. The van der Waals surface area contributed by atoms with E-state index < -0.39 is 27.9 Å². The molecule has 2 aromatic rings. The topological polar surface area (TPSA) is 104 Å². The van der Waals surface area contributed by atoms with Crippen molar-refractivity contribution < 1.29 is 22.8 Å². The SMILES string of the molecule is CC(C(=O)NC1CCCCC1)N(Cc1ccc(Br)cc1)C(=O)CCN1C(=O)c2ccccc2S1(=O)=O. The summed E-state index contributed by atoms with van der Waals surface area (Å²) in [6.45, 7) is 1.58. The molecule has 0 bridgehead atoms. The van der Waals surface area contributed by atoms with Crippen LogP contribution >= 0.6 is 15.9 Å². The monoisotopic (exact) mass is 575 g/mol. The van der Waals surface area contributed by atoms with Gasteiger partial charge < -0.3 is 10.2 Å². The fourth-order valence-corrected chi connectivity index (χ4v) is 6.56. The first kappa shape index (κ1) is 26.3. The molecule has 4 rings (SSSR count). The molecule has 2 aromatic carbocycles. The molecule has 0 radical (unpaired) electrons. The Bertz CT molecular complexity index is 1240. The summed E-state index contributed by atoms with van der Waals surface area (Å²) in [4.78, 5) is 40.6. The standard InChI is InChI=1S/C26H30BrN3O5S/c1-18(25(32)28-21-7-3-2-4-8-21)29(17-19-11-13-20(27)14-12-19)24(31)15-16-30-26(33)22-9-5-6-10-23(22)36(30,34)35/h5-6,9-14,18,21H,2-4,7-8,15-17H2,1H3,(H,28,32). The molecule has 1 atom stereocenters. The molecule has 1 aliphatic heterocycles. The van der Waals surface area contributed by atoms with Crippen molar-refractivity contribution in [3.63, 3.8) is 0 Å². The molecule has 36 heavy (non-hydrogen) atoms. The minimum Gasteiger partial charge on any atom is -0.352 e. The second-order valence-corrected chi connectivity index (χ2v) is 12.0. The van der Waals surface area contributed by atoms with Gasteiger partial charge >= 0.3 is 0 Å². The Balaban J connectivity index is 1.49. The van der Waals surface area contributed by atoms with E-state index in [1.807, 2.05) is 24.3 Å². The molecule has 10 heteroatoms. The van der Waals surface area contributed by atoms with Gasteiger partial charge in [-0.2, -0.15) is 0 Å². The molecule has 1 fully saturated rings. The van der Waals surface area contributed by atoms with E-state index >= 15 is 0 Å². The van der Waals surface area contributed by atoms with Crippen molar-refractivity contribution in [2.24, 2.45) is 0 Å². The Kier molecular flexibility index (Phi) is 8.14. The Labute approximate surface area is 220 Å². The van der Waals surface area contributed by atoms with Crippen molar-refractivity contribution in [1.82, 2.24) is 14.5 Å². The van der Waals surface area contributed by atoms with Crippen LogP contribution < -0.4 is 5.32 Å². The highest BCUT2D eigenvalue weighted by atomic mass is 79.9. The molecule has 1 heterocycles. The van der Waals surface area contributed by atoms with Gasteiger partial charge in [-0.3, -0.25) is 14.4 Å². The van der Waals surface area contributed by atoms with Crippen LogP contribution in [-0.2, 0) is 26.2 Å². The highest BCUT2D eigenvalue weighted by Gasteiger charge is 2.41. The van der Waals surface area contributed by atoms with Gasteiger partial charge in [0.25, 0.3) is 15.9 Å². The first-order chi connectivity index (χ1) is 17.2. The molecule has 1 aliphatic carbocycles. The highest BCUT2D eigenvalue weighted by Crippen LogP contribution is 2.30. The van der Waals surface area contributed by atoms with Crippen LogP contribution in [0, 0.1) is 0 Å². The summed E-state index contributed by atoms with van der Waals surface area (Å²) in [5, 5.41) is 3.08. The molecule has 8 nitrogen and oxygen atoms in total. The van der Waals surface area contributed by atoms with Crippen LogP contribution in [-0.4, -0.2) is 54.0 Å². The molecule has 0 spiro atoms. The van der Waals surface area contributed by atoms with E-state index in [1.54, 1.807) is 19.1 Å². The Hall–Kier alpha value is -2.72. The molecule has 192 valence electrons. The van der Waals surface area contributed by atoms with E-state index in [9.17, 15) is 22.8 Å². The van der Waals surface area contributed by atoms with Crippen molar-refractivity contribution in [1.29, 1.82) is 0 Å². The maximum atomic E-state index is 13.4. The predicted molar refractivity (Wildman–Crippen MR) is 138 cm³/mol. The van der Waals surface area contributed by atoms with Crippen LogP contribution in [0.15, 0.2) is 57.9 Å². The van der Waals surface area contributed by atoms with Gasteiger partial charge in [0.15, 0.2) is 0 Å². The number of rotatable bonds is 8. The van der Waals surface area contributed by atoms with Gasteiger partial charge in [0.1, 0.15) is 10.9 Å². The van der Waals surface area contributed by atoms with Crippen molar-refractivity contribution in [2.45, 2.75) is 69.0 Å². The lowest BCUT2D eigenvalue weighted by Gasteiger charge is -2.31. The van der Waals surface area contributed by atoms with Crippen molar-refractivity contribution in [2.75, 3.05) is 6.54 Å². The molecular weight excluding hydrogens is 546 g/mol. The Morgan fingerprint density at radius 3 is 2.42 bits per heavy atom. The van der Waals surface area contributed by atoms with E-state index in [0.29, 0.717) is 0 Å². The summed E-state index contributed by atoms with van der Waals surface area (Å²) in [7, 11) is -4.01. The summed E-state index contributed by atoms with van der Waals surface area (Å²) in [5.41, 5.74) is 0.943. The number of fused-ring (bicyclic) bond motifs is 1. The highest BCUT2D eigenvalue weighted by molar-refractivity contribution is 9.10. The molecule has 2 aliphatic rings. The van der Waals surface area contributed by atoms with Crippen LogP contribution in [0.5, 0.6) is 0 Å². The fraction of sp³-hybridized carbons (Fsp3) is 0.423. The van der Waals surface area contributed by atoms with E-state index in [4.69, 9.17) is 0 Å². The number of amides is 3. The molecule has 1 N–H and O–H groups in total. The smallest absolute Gasteiger partial charge is 0.269 e. The van der Waals surface area contributed by atoms with Crippen LogP contribution in [0.3, 0.4) is 0 Å². The number of sulfonamides is 1. The number of benzene rings is 2. The van der Waals surface area contributed by atoms with Gasteiger partial charge in [-0.05, 0) is 49.6 Å². The number of hydrogen-bond acceptors (Lipinski definition) is 5. The largest absolute Gasteiger partial charge is 0.352 e. The fourth-order valence-electron chi connectivity index (χ4n) is 4.73. The molecule has 3 amide bonds. The second-order valence-electron chi connectivity index (χ2n) is 9.30. The summed E-state index contributed by atoms with van der Waals surface area (Å²) in [6, 6.07) is 12.8. The van der Waals surface area contributed by atoms with Gasteiger partial charge in [0, 0.05) is 30.0 Å². The van der Waals surface area contributed by atoms with Crippen molar-refractivity contribution >= 4 is 43.7 Å². The minimum absolute atomic E-state index is 0.0469. The first-order valence-electron chi connectivity index (χ1n) is 12.2. The third kappa shape index (κ3) is 5.64. The lowest BCUT2D eigenvalue weighted by atomic mass is 9.95. The quantitative estimate of drug-likeness (QED) is 0.515. The average Bonchev–Trinajstić information content (AvgIpc) is 3.07. The average molecular weight is 577 g/mol. The predicted octanol–water partition coefficient (Wildman–Crippen LogP) is 3.85. The third-order valence-corrected chi connectivity index (χ3v) is 9.19. The lowest BCUT2D eigenvalue weighted by Crippen LogP contribution is -2.50. The summed E-state index contributed by atoms with van der Waals surface area (Å²) >= 11 is 3.40. The summed E-state index contributed by atoms with van der Waals surface area (Å²) < 4.78 is 27.4. The van der Waals surface area contributed by atoms with Crippen molar-refractivity contribution in [3.05, 3.63) is 64.1 Å².